The number of hydrogen-bond donors (Lipinski definition) is 1. The van der Waals surface area contributed by atoms with Gasteiger partial charge in [-0.2, -0.15) is 0 Å². The first-order chi connectivity index (χ1) is 7.31. The van der Waals surface area contributed by atoms with Gasteiger partial charge < -0.3 is 14.8 Å². The van der Waals surface area contributed by atoms with Gasteiger partial charge in [-0.3, -0.25) is 0 Å². The molecule has 15 heavy (non-hydrogen) atoms. The van der Waals surface area contributed by atoms with Crippen LogP contribution in [0, 0.1) is 0 Å². The molecule has 3 nitrogen and oxygen atoms in total. The van der Waals surface area contributed by atoms with Gasteiger partial charge >= 0.3 is 0 Å². The van der Waals surface area contributed by atoms with E-state index in [0.29, 0.717) is 0 Å². The second-order valence-corrected chi connectivity index (χ2v) is 4.36. The molecule has 2 aliphatic rings. The van der Waals surface area contributed by atoms with E-state index >= 15 is 0 Å². The molecule has 1 spiro atoms. The summed E-state index contributed by atoms with van der Waals surface area (Å²) in [6.45, 7) is 1.95. The summed E-state index contributed by atoms with van der Waals surface area (Å²) in [4.78, 5) is 0. The molecule has 0 amide bonds. The molecule has 2 aliphatic heterocycles. The van der Waals surface area contributed by atoms with E-state index in [1.807, 2.05) is 12.1 Å². The van der Waals surface area contributed by atoms with Gasteiger partial charge in [-0.05, 0) is 24.5 Å². The van der Waals surface area contributed by atoms with Crippen LogP contribution in [0.4, 0.5) is 0 Å². The second kappa shape index (κ2) is 3.14. The van der Waals surface area contributed by atoms with Crippen LogP contribution in [-0.4, -0.2) is 25.8 Å². The molecule has 0 saturated carbocycles. The molecule has 1 aromatic rings. The molecule has 1 fully saturated rings. The van der Waals surface area contributed by atoms with Crippen LogP contribution in [0.3, 0.4) is 0 Å². The predicted molar refractivity (Wildman–Crippen MR) is 57.5 cm³/mol. The van der Waals surface area contributed by atoms with Crippen molar-refractivity contribution < 1.29 is 9.47 Å². The molecule has 1 saturated heterocycles. The summed E-state index contributed by atoms with van der Waals surface area (Å²) in [5.74, 6) is 1.88. The van der Waals surface area contributed by atoms with Gasteiger partial charge in [0.2, 0.25) is 0 Å². The largest absolute Gasteiger partial charge is 0.497 e. The molecular weight excluding hydrogens is 190 g/mol. The Morgan fingerprint density at radius 2 is 2.27 bits per heavy atom. The average molecular weight is 205 g/mol. The van der Waals surface area contributed by atoms with Crippen LogP contribution in [0.1, 0.15) is 12.0 Å². The van der Waals surface area contributed by atoms with Gasteiger partial charge in [-0.1, -0.05) is 6.07 Å². The van der Waals surface area contributed by atoms with Crippen LogP contribution in [0.15, 0.2) is 18.2 Å². The van der Waals surface area contributed by atoms with Crippen molar-refractivity contribution in [3.05, 3.63) is 23.8 Å². The first-order valence-corrected chi connectivity index (χ1v) is 5.38. The van der Waals surface area contributed by atoms with E-state index in [0.717, 1.165) is 37.4 Å². The monoisotopic (exact) mass is 205 g/mol. The van der Waals surface area contributed by atoms with Gasteiger partial charge in [-0.25, -0.2) is 0 Å². The van der Waals surface area contributed by atoms with Crippen LogP contribution >= 0.6 is 0 Å². The lowest BCUT2D eigenvalue weighted by Gasteiger charge is -2.45. The zero-order valence-corrected chi connectivity index (χ0v) is 8.88. The van der Waals surface area contributed by atoms with Crippen molar-refractivity contribution in [3.63, 3.8) is 0 Å². The third-order valence-corrected chi connectivity index (χ3v) is 3.35. The smallest absolute Gasteiger partial charge is 0.134 e. The van der Waals surface area contributed by atoms with E-state index in [9.17, 15) is 0 Å². The number of hydrogen-bond acceptors (Lipinski definition) is 3. The summed E-state index contributed by atoms with van der Waals surface area (Å²) in [6, 6.07) is 6.10. The standard InChI is InChI=1S/C12H15NO2/c1-14-10-3-2-9-4-5-12(7-13-8-12)15-11(9)6-10/h2-3,6,13H,4-5,7-8H2,1H3. The number of ether oxygens (including phenoxy) is 2. The fraction of sp³-hybridized carbons (Fsp3) is 0.500. The molecule has 0 atom stereocenters. The van der Waals surface area contributed by atoms with Gasteiger partial charge in [0.05, 0.1) is 7.11 Å². The molecule has 0 unspecified atom stereocenters. The zero-order chi connectivity index (χ0) is 10.3. The fourth-order valence-corrected chi connectivity index (χ4v) is 2.26. The third kappa shape index (κ3) is 1.38. The van der Waals surface area contributed by atoms with Gasteiger partial charge in [0.15, 0.2) is 0 Å². The van der Waals surface area contributed by atoms with Crippen molar-refractivity contribution >= 4 is 0 Å². The summed E-state index contributed by atoms with van der Waals surface area (Å²) in [7, 11) is 1.69. The molecule has 0 aromatic heterocycles. The lowest BCUT2D eigenvalue weighted by Crippen LogP contribution is -2.64. The third-order valence-electron chi connectivity index (χ3n) is 3.35. The average Bonchev–Trinajstić information content (AvgIpc) is 2.25. The Morgan fingerprint density at radius 3 is 2.93 bits per heavy atom. The maximum atomic E-state index is 6.06. The highest BCUT2D eigenvalue weighted by Gasteiger charge is 2.41. The summed E-state index contributed by atoms with van der Waals surface area (Å²) in [5.41, 5.74) is 1.37. The summed E-state index contributed by atoms with van der Waals surface area (Å²) in [6.07, 6.45) is 2.24. The minimum atomic E-state index is 0.0688. The maximum Gasteiger partial charge on any atom is 0.134 e. The molecule has 1 aromatic carbocycles. The van der Waals surface area contributed by atoms with E-state index in [4.69, 9.17) is 9.47 Å². The fourth-order valence-electron chi connectivity index (χ4n) is 2.26. The zero-order valence-electron chi connectivity index (χ0n) is 8.88. The van der Waals surface area contributed by atoms with Crippen LogP contribution in [0.2, 0.25) is 0 Å². The topological polar surface area (TPSA) is 30.5 Å². The van der Waals surface area contributed by atoms with Gasteiger partial charge in [0, 0.05) is 19.2 Å². The Balaban J connectivity index is 1.92. The summed E-state index contributed by atoms with van der Waals surface area (Å²) < 4.78 is 11.3. The molecule has 0 bridgehead atoms. The number of aryl methyl sites for hydroxylation is 1. The molecule has 2 heterocycles. The van der Waals surface area contributed by atoms with E-state index in [1.54, 1.807) is 7.11 Å². The normalized spacial score (nSPS) is 21.4. The lowest BCUT2D eigenvalue weighted by atomic mass is 9.86. The predicted octanol–water partition coefficient (Wildman–Crippen LogP) is 1.36. The quantitative estimate of drug-likeness (QED) is 0.751. The highest BCUT2D eigenvalue weighted by Crippen LogP contribution is 2.37. The van der Waals surface area contributed by atoms with E-state index in [2.05, 4.69) is 11.4 Å². The second-order valence-electron chi connectivity index (χ2n) is 4.36. The van der Waals surface area contributed by atoms with E-state index < -0.39 is 0 Å². The first-order valence-electron chi connectivity index (χ1n) is 5.38. The van der Waals surface area contributed by atoms with Crippen molar-refractivity contribution in [1.29, 1.82) is 0 Å². The van der Waals surface area contributed by atoms with E-state index in [-0.39, 0.29) is 5.60 Å². The van der Waals surface area contributed by atoms with Crippen molar-refractivity contribution in [3.8, 4) is 11.5 Å². The van der Waals surface area contributed by atoms with Crippen LogP contribution in [0.5, 0.6) is 11.5 Å². The molecule has 3 heteroatoms. The van der Waals surface area contributed by atoms with Crippen LogP contribution in [-0.2, 0) is 6.42 Å². The molecule has 1 N–H and O–H groups in total. The minimum Gasteiger partial charge on any atom is -0.497 e. The molecule has 0 radical (unpaired) electrons. The maximum absolute atomic E-state index is 6.06. The molecule has 0 aliphatic carbocycles. The molecular formula is C12H15NO2. The van der Waals surface area contributed by atoms with Crippen LogP contribution in [0.25, 0.3) is 0 Å². The SMILES string of the molecule is COc1ccc2c(c1)OC1(CC2)CNC1. The number of nitrogens with one attached hydrogen (secondary N) is 1. The first kappa shape index (κ1) is 9.04. The van der Waals surface area contributed by atoms with Crippen molar-refractivity contribution in [2.45, 2.75) is 18.4 Å². The van der Waals surface area contributed by atoms with Crippen molar-refractivity contribution in [2.75, 3.05) is 20.2 Å². The Morgan fingerprint density at radius 1 is 1.40 bits per heavy atom. The summed E-state index contributed by atoms with van der Waals surface area (Å²) in [5, 5.41) is 3.27. The highest BCUT2D eigenvalue weighted by atomic mass is 16.5. The Hall–Kier alpha value is -1.22. The van der Waals surface area contributed by atoms with Crippen molar-refractivity contribution in [1.82, 2.24) is 5.32 Å². The highest BCUT2D eigenvalue weighted by molar-refractivity contribution is 5.43. The van der Waals surface area contributed by atoms with Crippen LogP contribution < -0.4 is 14.8 Å². The number of fused-ring (bicyclic) bond motifs is 1. The Kier molecular flexibility index (Phi) is 1.89. The Labute approximate surface area is 89.4 Å². The van der Waals surface area contributed by atoms with Crippen molar-refractivity contribution in [2.24, 2.45) is 0 Å². The molecule has 3 rings (SSSR count). The van der Waals surface area contributed by atoms with Gasteiger partial charge in [-0.15, -0.1) is 0 Å². The summed E-state index contributed by atoms with van der Waals surface area (Å²) >= 11 is 0. The van der Waals surface area contributed by atoms with E-state index in [1.165, 1.54) is 5.56 Å². The molecule has 80 valence electrons. The number of methoxy groups -OCH3 is 1. The van der Waals surface area contributed by atoms with Gasteiger partial charge in [0.1, 0.15) is 17.1 Å². The minimum absolute atomic E-state index is 0.0688. The Bertz CT molecular complexity index is 385. The number of rotatable bonds is 1. The lowest BCUT2D eigenvalue weighted by molar-refractivity contribution is -0.00249. The number of benzene rings is 1. The van der Waals surface area contributed by atoms with Gasteiger partial charge in [0.25, 0.3) is 0 Å².